The number of rotatable bonds is 8. The standard InChI is InChI=1S/C23H18N4O5S2/c1-14-7-8-17(18(11-14)27(30)31)26-21(29)20(15-5-3-2-4-6-15)32-19(28)12-34-23-16-9-10-33-22(16)24-13-25-23/h2-11,13,20H,12H2,1H3,(H,26,29). The largest absolute Gasteiger partial charge is 0.447 e. The van der Waals surface area contributed by atoms with E-state index in [9.17, 15) is 19.7 Å². The molecule has 2 heterocycles. The Hall–Kier alpha value is -3.83. The average Bonchev–Trinajstić information content (AvgIpc) is 3.32. The second-order valence-electron chi connectivity index (χ2n) is 7.15. The van der Waals surface area contributed by atoms with Crippen LogP contribution in [0.4, 0.5) is 11.4 Å². The molecular formula is C23H18N4O5S2. The maximum absolute atomic E-state index is 13.1. The maximum Gasteiger partial charge on any atom is 0.317 e. The molecule has 4 aromatic rings. The van der Waals surface area contributed by atoms with Gasteiger partial charge >= 0.3 is 5.97 Å². The molecule has 4 rings (SSSR count). The Labute approximate surface area is 202 Å². The molecule has 2 aromatic carbocycles. The first kappa shape index (κ1) is 23.3. The number of aromatic nitrogens is 2. The van der Waals surface area contributed by atoms with Crippen LogP contribution in [0.25, 0.3) is 10.2 Å². The third kappa shape index (κ3) is 5.38. The SMILES string of the molecule is Cc1ccc(NC(=O)C(OC(=O)CSc2ncnc3sccc23)c2ccccc2)c([N+](=O)[O-])c1. The van der Waals surface area contributed by atoms with Crippen LogP contribution in [0.5, 0.6) is 0 Å². The summed E-state index contributed by atoms with van der Waals surface area (Å²) in [7, 11) is 0. The number of carbonyl (C=O) groups excluding carboxylic acids is 2. The number of aryl methyl sites for hydroxylation is 1. The first-order chi connectivity index (χ1) is 16.4. The van der Waals surface area contributed by atoms with Crippen molar-refractivity contribution in [2.75, 3.05) is 11.1 Å². The molecule has 0 saturated heterocycles. The lowest BCUT2D eigenvalue weighted by molar-refractivity contribution is -0.384. The molecule has 0 bridgehead atoms. The molecule has 0 aliphatic heterocycles. The fourth-order valence-corrected chi connectivity index (χ4v) is 4.73. The average molecular weight is 495 g/mol. The van der Waals surface area contributed by atoms with E-state index in [2.05, 4.69) is 15.3 Å². The van der Waals surface area contributed by atoms with E-state index in [0.717, 1.165) is 10.2 Å². The van der Waals surface area contributed by atoms with Crippen molar-refractivity contribution in [1.29, 1.82) is 0 Å². The van der Waals surface area contributed by atoms with Gasteiger partial charge in [0.2, 0.25) is 6.10 Å². The molecule has 9 nitrogen and oxygen atoms in total. The smallest absolute Gasteiger partial charge is 0.317 e. The molecule has 34 heavy (non-hydrogen) atoms. The topological polar surface area (TPSA) is 124 Å². The summed E-state index contributed by atoms with van der Waals surface area (Å²) in [5.74, 6) is -1.41. The molecule has 0 spiro atoms. The lowest BCUT2D eigenvalue weighted by Gasteiger charge is -2.18. The molecule has 2 aromatic heterocycles. The van der Waals surface area contributed by atoms with Gasteiger partial charge in [-0.2, -0.15) is 0 Å². The Morgan fingerprint density at radius 2 is 1.97 bits per heavy atom. The van der Waals surface area contributed by atoms with Crippen molar-refractivity contribution in [2.45, 2.75) is 18.1 Å². The van der Waals surface area contributed by atoms with Gasteiger partial charge in [-0.1, -0.05) is 48.2 Å². The van der Waals surface area contributed by atoms with Crippen LogP contribution >= 0.6 is 23.1 Å². The first-order valence-electron chi connectivity index (χ1n) is 10.0. The van der Waals surface area contributed by atoms with Crippen LogP contribution in [0.1, 0.15) is 17.2 Å². The highest BCUT2D eigenvalue weighted by Crippen LogP contribution is 2.30. The van der Waals surface area contributed by atoms with Crippen molar-refractivity contribution < 1.29 is 19.2 Å². The number of benzene rings is 2. The zero-order valence-corrected chi connectivity index (χ0v) is 19.5. The predicted octanol–water partition coefficient (Wildman–Crippen LogP) is 4.92. The predicted molar refractivity (Wildman–Crippen MR) is 130 cm³/mol. The molecule has 0 aliphatic rings. The van der Waals surface area contributed by atoms with Crippen LogP contribution in [0.2, 0.25) is 0 Å². The van der Waals surface area contributed by atoms with Crippen LogP contribution < -0.4 is 5.32 Å². The molecule has 0 fully saturated rings. The second kappa shape index (κ2) is 10.4. The number of ether oxygens (including phenoxy) is 1. The molecule has 1 amide bonds. The number of nitro benzene ring substituents is 1. The van der Waals surface area contributed by atoms with Gasteiger partial charge in [0.15, 0.2) is 0 Å². The summed E-state index contributed by atoms with van der Waals surface area (Å²) in [6.07, 6.45) is 0.142. The monoisotopic (exact) mass is 494 g/mol. The number of carbonyl (C=O) groups is 2. The summed E-state index contributed by atoms with van der Waals surface area (Å²) < 4.78 is 5.53. The molecule has 172 valence electrons. The number of fused-ring (bicyclic) bond motifs is 1. The fraction of sp³-hybridized carbons (Fsp3) is 0.130. The molecule has 0 aliphatic carbocycles. The fourth-order valence-electron chi connectivity index (χ4n) is 3.17. The number of amides is 1. The first-order valence-corrected chi connectivity index (χ1v) is 11.9. The van der Waals surface area contributed by atoms with Gasteiger partial charge in [-0.15, -0.1) is 11.3 Å². The second-order valence-corrected chi connectivity index (χ2v) is 9.01. The lowest BCUT2D eigenvalue weighted by Crippen LogP contribution is -2.26. The number of thiophene rings is 1. The van der Waals surface area contributed by atoms with E-state index in [4.69, 9.17) is 4.74 Å². The zero-order chi connectivity index (χ0) is 24.1. The number of anilines is 1. The van der Waals surface area contributed by atoms with Crippen molar-refractivity contribution in [3.8, 4) is 0 Å². The van der Waals surface area contributed by atoms with Gasteiger partial charge < -0.3 is 10.1 Å². The van der Waals surface area contributed by atoms with Gasteiger partial charge in [-0.05, 0) is 30.0 Å². The van der Waals surface area contributed by atoms with Crippen LogP contribution in [-0.2, 0) is 14.3 Å². The minimum absolute atomic E-state index is 0.0211. The quantitative estimate of drug-likeness (QED) is 0.120. The summed E-state index contributed by atoms with van der Waals surface area (Å²) in [4.78, 5) is 45.8. The van der Waals surface area contributed by atoms with E-state index in [1.807, 2.05) is 11.4 Å². The van der Waals surface area contributed by atoms with E-state index in [0.29, 0.717) is 16.2 Å². The van der Waals surface area contributed by atoms with Crippen molar-refractivity contribution in [1.82, 2.24) is 9.97 Å². The number of thioether (sulfide) groups is 1. The Bertz CT molecular complexity index is 1360. The Balaban J connectivity index is 1.51. The number of nitrogens with zero attached hydrogens (tertiary/aromatic N) is 3. The third-order valence-corrected chi connectivity index (χ3v) is 6.55. The highest BCUT2D eigenvalue weighted by Gasteiger charge is 2.27. The minimum atomic E-state index is -1.29. The van der Waals surface area contributed by atoms with Gasteiger partial charge in [0.05, 0.1) is 10.7 Å². The number of esters is 1. The Morgan fingerprint density at radius 3 is 2.74 bits per heavy atom. The van der Waals surface area contributed by atoms with Gasteiger partial charge in [-0.25, -0.2) is 9.97 Å². The van der Waals surface area contributed by atoms with Gasteiger partial charge in [-0.3, -0.25) is 19.7 Å². The van der Waals surface area contributed by atoms with Crippen LogP contribution in [0.15, 0.2) is 71.3 Å². The summed E-state index contributed by atoms with van der Waals surface area (Å²) in [5.41, 5.74) is 0.894. The van der Waals surface area contributed by atoms with E-state index in [1.165, 1.54) is 41.6 Å². The molecule has 11 heteroatoms. The Morgan fingerprint density at radius 1 is 1.18 bits per heavy atom. The normalized spacial score (nSPS) is 11.7. The number of hydrogen-bond donors (Lipinski definition) is 1. The molecular weight excluding hydrogens is 476 g/mol. The van der Waals surface area contributed by atoms with E-state index in [1.54, 1.807) is 43.3 Å². The van der Waals surface area contributed by atoms with Gasteiger partial charge in [0.1, 0.15) is 21.9 Å². The van der Waals surface area contributed by atoms with Crippen LogP contribution in [0.3, 0.4) is 0 Å². The van der Waals surface area contributed by atoms with E-state index >= 15 is 0 Å². The summed E-state index contributed by atoms with van der Waals surface area (Å²) in [5, 5.41) is 17.3. The van der Waals surface area contributed by atoms with Crippen molar-refractivity contribution in [3.05, 3.63) is 87.5 Å². The van der Waals surface area contributed by atoms with Gasteiger partial charge in [0.25, 0.3) is 11.6 Å². The number of nitro groups is 1. The van der Waals surface area contributed by atoms with E-state index < -0.39 is 22.9 Å². The van der Waals surface area contributed by atoms with Gasteiger partial charge in [0, 0.05) is 17.0 Å². The third-order valence-electron chi connectivity index (χ3n) is 4.75. The molecule has 1 unspecified atom stereocenters. The summed E-state index contributed by atoms with van der Waals surface area (Å²) >= 11 is 2.65. The Kier molecular flexibility index (Phi) is 7.14. The van der Waals surface area contributed by atoms with Crippen molar-refractivity contribution in [2.24, 2.45) is 0 Å². The number of nitrogens with one attached hydrogen (secondary N) is 1. The molecule has 1 atom stereocenters. The minimum Gasteiger partial charge on any atom is -0.447 e. The molecule has 0 radical (unpaired) electrons. The highest BCUT2D eigenvalue weighted by molar-refractivity contribution is 8.00. The summed E-state index contributed by atoms with van der Waals surface area (Å²) in [6.45, 7) is 1.71. The lowest BCUT2D eigenvalue weighted by atomic mass is 10.1. The highest BCUT2D eigenvalue weighted by atomic mass is 32.2. The zero-order valence-electron chi connectivity index (χ0n) is 17.8. The molecule has 0 saturated carbocycles. The summed E-state index contributed by atoms with van der Waals surface area (Å²) in [6, 6.07) is 14.8. The van der Waals surface area contributed by atoms with Crippen LogP contribution in [0, 0.1) is 17.0 Å². The van der Waals surface area contributed by atoms with Crippen molar-refractivity contribution >= 4 is 56.6 Å². The van der Waals surface area contributed by atoms with E-state index in [-0.39, 0.29) is 17.1 Å². The maximum atomic E-state index is 13.1. The van der Waals surface area contributed by atoms with Crippen molar-refractivity contribution in [3.63, 3.8) is 0 Å². The van der Waals surface area contributed by atoms with Crippen LogP contribution in [-0.4, -0.2) is 32.5 Å². The number of hydrogen-bond acceptors (Lipinski definition) is 9. The molecule has 1 N–H and O–H groups in total.